The number of nitrogen functional groups attached to an aromatic ring is 1. The number of hydrogen-bond acceptors (Lipinski definition) is 3. The van der Waals surface area contributed by atoms with Gasteiger partial charge in [0.05, 0.1) is 22.6 Å². The number of nitrogens with one attached hydrogen (secondary N) is 1. The van der Waals surface area contributed by atoms with Crippen molar-refractivity contribution in [2.75, 3.05) is 11.1 Å². The lowest BCUT2D eigenvalue weighted by Gasteiger charge is -2.11. The first-order valence-electron chi connectivity index (χ1n) is 5.12. The van der Waals surface area contributed by atoms with Gasteiger partial charge in [0.1, 0.15) is 6.07 Å². The van der Waals surface area contributed by atoms with Crippen molar-refractivity contribution in [1.82, 2.24) is 0 Å². The van der Waals surface area contributed by atoms with Gasteiger partial charge in [-0.05, 0) is 46.3 Å². The first kappa shape index (κ1) is 12.7. The van der Waals surface area contributed by atoms with Gasteiger partial charge in [0.25, 0.3) is 0 Å². The molecule has 90 valence electrons. The molecular formula is C13H9BrClN3. The molecule has 0 aliphatic rings. The van der Waals surface area contributed by atoms with Crippen molar-refractivity contribution in [2.45, 2.75) is 0 Å². The summed E-state index contributed by atoms with van der Waals surface area (Å²) in [6.45, 7) is 0. The number of nitrogens with zero attached hydrogens (tertiary/aromatic N) is 1. The van der Waals surface area contributed by atoms with Crippen LogP contribution in [0, 0.1) is 11.3 Å². The van der Waals surface area contributed by atoms with Crippen LogP contribution < -0.4 is 11.1 Å². The molecule has 5 heteroatoms. The predicted octanol–water partition coefficient (Wildman–Crippen LogP) is 4.30. The van der Waals surface area contributed by atoms with Crippen LogP contribution in [0.15, 0.2) is 40.9 Å². The Balaban J connectivity index is 2.38. The van der Waals surface area contributed by atoms with Gasteiger partial charge in [-0.3, -0.25) is 0 Å². The molecule has 0 atom stereocenters. The van der Waals surface area contributed by atoms with E-state index in [1.165, 1.54) is 0 Å². The van der Waals surface area contributed by atoms with Crippen molar-refractivity contribution in [3.63, 3.8) is 0 Å². The lowest BCUT2D eigenvalue weighted by Crippen LogP contribution is -1.99. The summed E-state index contributed by atoms with van der Waals surface area (Å²) < 4.78 is 0.830. The highest BCUT2D eigenvalue weighted by molar-refractivity contribution is 9.10. The summed E-state index contributed by atoms with van der Waals surface area (Å²) in [5.41, 5.74) is 8.30. The van der Waals surface area contributed by atoms with E-state index in [0.717, 1.165) is 10.2 Å². The van der Waals surface area contributed by atoms with E-state index >= 15 is 0 Å². The third kappa shape index (κ3) is 2.58. The second kappa shape index (κ2) is 5.30. The molecule has 0 spiro atoms. The average Bonchev–Trinajstić information content (AvgIpc) is 2.35. The van der Waals surface area contributed by atoms with Crippen molar-refractivity contribution in [2.24, 2.45) is 0 Å². The van der Waals surface area contributed by atoms with Gasteiger partial charge in [-0.2, -0.15) is 5.26 Å². The van der Waals surface area contributed by atoms with E-state index in [0.29, 0.717) is 22.0 Å². The zero-order valence-electron chi connectivity index (χ0n) is 9.24. The molecule has 0 aliphatic carbocycles. The lowest BCUT2D eigenvalue weighted by molar-refractivity contribution is 1.46. The maximum Gasteiger partial charge on any atom is 0.101 e. The second-order valence-corrected chi connectivity index (χ2v) is 4.92. The highest BCUT2D eigenvalue weighted by Crippen LogP contribution is 2.31. The lowest BCUT2D eigenvalue weighted by atomic mass is 10.1. The van der Waals surface area contributed by atoms with Gasteiger partial charge in [0, 0.05) is 9.50 Å². The fraction of sp³-hybridized carbons (Fsp3) is 0. The van der Waals surface area contributed by atoms with E-state index in [1.54, 1.807) is 24.3 Å². The molecule has 2 rings (SSSR count). The van der Waals surface area contributed by atoms with Crippen LogP contribution in [-0.4, -0.2) is 0 Å². The third-order valence-corrected chi connectivity index (χ3v) is 3.32. The van der Waals surface area contributed by atoms with Crippen molar-refractivity contribution in [3.05, 3.63) is 51.5 Å². The molecule has 0 heterocycles. The minimum Gasteiger partial charge on any atom is -0.396 e. The number of anilines is 3. The first-order chi connectivity index (χ1) is 8.61. The highest BCUT2D eigenvalue weighted by atomic mass is 79.9. The SMILES string of the molecule is N#Cc1cccc(Nc2ccc(Cl)cc2Br)c1N. The molecule has 0 saturated carbocycles. The van der Waals surface area contributed by atoms with E-state index in [4.69, 9.17) is 22.6 Å². The molecule has 0 aliphatic heterocycles. The minimum absolute atomic E-state index is 0.432. The van der Waals surface area contributed by atoms with Gasteiger partial charge in [-0.25, -0.2) is 0 Å². The van der Waals surface area contributed by atoms with E-state index < -0.39 is 0 Å². The molecule has 0 radical (unpaired) electrons. The Bertz CT molecular complexity index is 635. The summed E-state index contributed by atoms with van der Waals surface area (Å²) >= 11 is 9.29. The van der Waals surface area contributed by atoms with E-state index in [9.17, 15) is 0 Å². The monoisotopic (exact) mass is 321 g/mol. The summed E-state index contributed by atoms with van der Waals surface area (Å²) in [5, 5.41) is 12.7. The fourth-order valence-electron chi connectivity index (χ4n) is 1.51. The number of rotatable bonds is 2. The Morgan fingerprint density at radius 3 is 2.67 bits per heavy atom. The first-order valence-corrected chi connectivity index (χ1v) is 6.29. The van der Waals surface area contributed by atoms with E-state index in [1.807, 2.05) is 18.2 Å². The van der Waals surface area contributed by atoms with Crippen LogP contribution >= 0.6 is 27.5 Å². The maximum atomic E-state index is 8.92. The topological polar surface area (TPSA) is 61.8 Å². The molecule has 0 aromatic heterocycles. The van der Waals surface area contributed by atoms with Gasteiger partial charge in [0.15, 0.2) is 0 Å². The summed E-state index contributed by atoms with van der Waals surface area (Å²) in [6, 6.07) is 12.7. The van der Waals surface area contributed by atoms with Crippen LogP contribution in [0.4, 0.5) is 17.1 Å². The Kier molecular flexibility index (Phi) is 3.75. The summed E-state index contributed by atoms with van der Waals surface area (Å²) in [7, 11) is 0. The normalized spacial score (nSPS) is 9.83. The molecule has 0 unspecified atom stereocenters. The quantitative estimate of drug-likeness (QED) is 0.810. The van der Waals surface area contributed by atoms with Gasteiger partial charge in [-0.15, -0.1) is 0 Å². The Morgan fingerprint density at radius 1 is 1.22 bits per heavy atom. The van der Waals surface area contributed by atoms with Crippen molar-refractivity contribution < 1.29 is 0 Å². The number of para-hydroxylation sites is 1. The Morgan fingerprint density at radius 2 is 2.00 bits per heavy atom. The van der Waals surface area contributed by atoms with Gasteiger partial charge in [-0.1, -0.05) is 17.7 Å². The van der Waals surface area contributed by atoms with Crippen molar-refractivity contribution in [1.29, 1.82) is 5.26 Å². The zero-order valence-corrected chi connectivity index (χ0v) is 11.6. The van der Waals surface area contributed by atoms with E-state index in [-0.39, 0.29) is 0 Å². The van der Waals surface area contributed by atoms with Crippen LogP contribution in [0.1, 0.15) is 5.56 Å². The Labute approximate surface area is 118 Å². The molecule has 0 bridgehead atoms. The van der Waals surface area contributed by atoms with Crippen molar-refractivity contribution >= 4 is 44.6 Å². The molecule has 0 amide bonds. The molecule has 3 N–H and O–H groups in total. The maximum absolute atomic E-state index is 8.92. The van der Waals surface area contributed by atoms with Gasteiger partial charge >= 0.3 is 0 Å². The predicted molar refractivity (Wildman–Crippen MR) is 78.0 cm³/mol. The largest absolute Gasteiger partial charge is 0.396 e. The molecule has 0 fully saturated rings. The Hall–Kier alpha value is -1.70. The second-order valence-electron chi connectivity index (χ2n) is 3.63. The molecule has 0 saturated heterocycles. The molecule has 2 aromatic carbocycles. The number of nitrogens with two attached hydrogens (primary N) is 1. The van der Waals surface area contributed by atoms with Gasteiger partial charge in [0.2, 0.25) is 0 Å². The van der Waals surface area contributed by atoms with E-state index in [2.05, 4.69) is 21.2 Å². The molecular weight excluding hydrogens is 314 g/mol. The molecule has 18 heavy (non-hydrogen) atoms. The van der Waals surface area contributed by atoms with Crippen LogP contribution in [0.5, 0.6) is 0 Å². The number of hydrogen-bond donors (Lipinski definition) is 2. The summed E-state index contributed by atoms with van der Waals surface area (Å²) in [4.78, 5) is 0. The standard InChI is InChI=1S/C13H9BrClN3/c14-10-6-9(15)4-5-11(10)18-12-3-1-2-8(7-16)13(12)17/h1-6,18H,17H2. The third-order valence-electron chi connectivity index (χ3n) is 2.43. The smallest absolute Gasteiger partial charge is 0.101 e. The zero-order chi connectivity index (χ0) is 13.1. The van der Waals surface area contributed by atoms with Crippen LogP contribution in [0.25, 0.3) is 0 Å². The highest BCUT2D eigenvalue weighted by Gasteiger charge is 2.06. The fourth-order valence-corrected chi connectivity index (χ4v) is 2.29. The van der Waals surface area contributed by atoms with Crippen molar-refractivity contribution in [3.8, 4) is 6.07 Å². The average molecular weight is 323 g/mol. The number of benzene rings is 2. The number of halogens is 2. The van der Waals surface area contributed by atoms with Crippen LogP contribution in [0.2, 0.25) is 5.02 Å². The van der Waals surface area contributed by atoms with Gasteiger partial charge < -0.3 is 11.1 Å². The van der Waals surface area contributed by atoms with Crippen LogP contribution in [0.3, 0.4) is 0 Å². The summed E-state index contributed by atoms with van der Waals surface area (Å²) in [5.74, 6) is 0. The molecule has 3 nitrogen and oxygen atoms in total. The summed E-state index contributed by atoms with van der Waals surface area (Å²) in [6.07, 6.45) is 0. The minimum atomic E-state index is 0.432. The number of nitriles is 1. The van der Waals surface area contributed by atoms with Crippen LogP contribution in [-0.2, 0) is 0 Å². The molecule has 2 aromatic rings.